The smallest absolute Gasteiger partial charge is 0.254 e. The van der Waals surface area contributed by atoms with Crippen molar-refractivity contribution >= 4 is 11.7 Å². The Bertz CT molecular complexity index is 439. The number of nitrogens with zero attached hydrogens (tertiary/aromatic N) is 3. The number of rotatable bonds is 2. The van der Waals surface area contributed by atoms with Gasteiger partial charge < -0.3 is 16.4 Å². The van der Waals surface area contributed by atoms with Crippen LogP contribution in [0.2, 0.25) is 0 Å². The molecule has 1 saturated heterocycles. The van der Waals surface area contributed by atoms with Crippen LogP contribution in [-0.2, 0) is 7.05 Å². The third-order valence-corrected chi connectivity index (χ3v) is 3.20. The zero-order valence-corrected chi connectivity index (χ0v) is 10.3. The molecule has 1 amide bonds. The molecule has 1 aliphatic heterocycles. The van der Waals surface area contributed by atoms with Gasteiger partial charge in [-0.25, -0.2) is 0 Å². The predicted octanol–water partition coefficient (Wildman–Crippen LogP) is -0.245. The highest BCUT2D eigenvalue weighted by Gasteiger charge is 2.26. The quantitative estimate of drug-likeness (QED) is 0.742. The van der Waals surface area contributed by atoms with Crippen molar-refractivity contribution in [3.63, 3.8) is 0 Å². The summed E-state index contributed by atoms with van der Waals surface area (Å²) in [5.41, 5.74) is 12.6. The van der Waals surface area contributed by atoms with Gasteiger partial charge in [0.2, 0.25) is 0 Å². The van der Waals surface area contributed by atoms with Crippen LogP contribution in [0, 0.1) is 6.92 Å². The first-order valence-corrected chi connectivity index (χ1v) is 5.84. The van der Waals surface area contributed by atoms with E-state index >= 15 is 0 Å². The Morgan fingerprint density at radius 1 is 1.53 bits per heavy atom. The van der Waals surface area contributed by atoms with Crippen molar-refractivity contribution < 1.29 is 4.79 Å². The van der Waals surface area contributed by atoms with E-state index in [9.17, 15) is 4.79 Å². The Morgan fingerprint density at radius 3 is 2.82 bits per heavy atom. The van der Waals surface area contributed by atoms with E-state index in [0.29, 0.717) is 11.3 Å². The van der Waals surface area contributed by atoms with Crippen LogP contribution in [0.15, 0.2) is 0 Å². The highest BCUT2D eigenvalue weighted by atomic mass is 16.1. The highest BCUT2D eigenvalue weighted by Crippen LogP contribution is 2.25. The van der Waals surface area contributed by atoms with Gasteiger partial charge in [0.25, 0.3) is 5.91 Å². The molecule has 94 valence electrons. The molecule has 0 saturated carbocycles. The Labute approximate surface area is 101 Å². The van der Waals surface area contributed by atoms with Crippen LogP contribution in [0.3, 0.4) is 0 Å². The molecule has 6 heteroatoms. The van der Waals surface area contributed by atoms with Crippen molar-refractivity contribution in [2.24, 2.45) is 18.5 Å². The molecule has 1 aromatic rings. The summed E-state index contributed by atoms with van der Waals surface area (Å²) in [6, 6.07) is 0.152. The second-order valence-electron chi connectivity index (χ2n) is 4.62. The van der Waals surface area contributed by atoms with Crippen LogP contribution in [-0.4, -0.2) is 34.8 Å². The molecule has 1 atom stereocenters. The molecule has 0 bridgehead atoms. The number of piperidine rings is 1. The lowest BCUT2D eigenvalue weighted by Crippen LogP contribution is -2.44. The van der Waals surface area contributed by atoms with Crippen molar-refractivity contribution in [3.8, 4) is 0 Å². The summed E-state index contributed by atoms with van der Waals surface area (Å²) in [5, 5.41) is 4.27. The number of hydrogen-bond acceptors (Lipinski definition) is 4. The molecule has 2 heterocycles. The van der Waals surface area contributed by atoms with Crippen LogP contribution in [0.5, 0.6) is 0 Å². The lowest BCUT2D eigenvalue weighted by Gasteiger charge is -2.32. The minimum Gasteiger partial charge on any atom is -0.365 e. The summed E-state index contributed by atoms with van der Waals surface area (Å²) in [4.78, 5) is 13.6. The second kappa shape index (κ2) is 4.37. The van der Waals surface area contributed by atoms with E-state index in [1.165, 1.54) is 0 Å². The largest absolute Gasteiger partial charge is 0.365 e. The maximum atomic E-state index is 11.5. The van der Waals surface area contributed by atoms with Crippen LogP contribution in [0.4, 0.5) is 5.82 Å². The summed E-state index contributed by atoms with van der Waals surface area (Å²) in [6.07, 6.45) is 2.06. The molecule has 4 N–H and O–H groups in total. The number of hydrogen-bond donors (Lipinski definition) is 2. The predicted molar refractivity (Wildman–Crippen MR) is 65.9 cm³/mol. The molecule has 0 aromatic carbocycles. The number of aromatic nitrogens is 2. The van der Waals surface area contributed by atoms with Gasteiger partial charge >= 0.3 is 0 Å². The number of amides is 1. The van der Waals surface area contributed by atoms with Crippen molar-refractivity contribution in [3.05, 3.63) is 11.3 Å². The van der Waals surface area contributed by atoms with Crippen molar-refractivity contribution in [2.45, 2.75) is 25.8 Å². The SMILES string of the molecule is Cc1nn(C)c(N2CCCC(N)C2)c1C(N)=O. The first-order chi connectivity index (χ1) is 8.00. The lowest BCUT2D eigenvalue weighted by atomic mass is 10.1. The number of nitrogens with two attached hydrogens (primary N) is 2. The van der Waals surface area contributed by atoms with Crippen LogP contribution in [0.1, 0.15) is 28.9 Å². The van der Waals surface area contributed by atoms with Gasteiger partial charge in [0, 0.05) is 26.2 Å². The zero-order valence-electron chi connectivity index (χ0n) is 10.3. The molecule has 1 aliphatic rings. The fourth-order valence-electron chi connectivity index (χ4n) is 2.50. The average Bonchev–Trinajstić information content (AvgIpc) is 2.53. The normalized spacial score (nSPS) is 20.6. The van der Waals surface area contributed by atoms with Gasteiger partial charge in [0.05, 0.1) is 5.69 Å². The van der Waals surface area contributed by atoms with Crippen molar-refractivity contribution in [1.29, 1.82) is 0 Å². The van der Waals surface area contributed by atoms with Gasteiger partial charge in [-0.1, -0.05) is 0 Å². The van der Waals surface area contributed by atoms with Gasteiger partial charge in [-0.2, -0.15) is 5.10 Å². The van der Waals surface area contributed by atoms with Gasteiger partial charge in [0.15, 0.2) is 0 Å². The van der Waals surface area contributed by atoms with E-state index in [1.54, 1.807) is 11.6 Å². The second-order valence-corrected chi connectivity index (χ2v) is 4.62. The Balaban J connectivity index is 2.40. The molecule has 1 aromatic heterocycles. The molecular weight excluding hydrogens is 218 g/mol. The molecule has 17 heavy (non-hydrogen) atoms. The van der Waals surface area contributed by atoms with E-state index in [1.807, 2.05) is 7.05 Å². The fraction of sp³-hybridized carbons (Fsp3) is 0.636. The van der Waals surface area contributed by atoms with E-state index in [-0.39, 0.29) is 6.04 Å². The lowest BCUT2D eigenvalue weighted by molar-refractivity contribution is 0.1000. The molecule has 1 fully saturated rings. The number of primary amides is 1. The van der Waals surface area contributed by atoms with E-state index < -0.39 is 5.91 Å². The molecule has 0 spiro atoms. The summed E-state index contributed by atoms with van der Waals surface area (Å²) < 4.78 is 1.72. The van der Waals surface area contributed by atoms with Crippen LogP contribution in [0.25, 0.3) is 0 Å². The number of aryl methyl sites for hydroxylation is 2. The van der Waals surface area contributed by atoms with Crippen LogP contribution < -0.4 is 16.4 Å². The zero-order chi connectivity index (χ0) is 12.6. The van der Waals surface area contributed by atoms with E-state index in [0.717, 1.165) is 31.7 Å². The maximum Gasteiger partial charge on any atom is 0.254 e. The van der Waals surface area contributed by atoms with Crippen LogP contribution >= 0.6 is 0 Å². The molecule has 6 nitrogen and oxygen atoms in total. The summed E-state index contributed by atoms with van der Waals surface area (Å²) in [5.74, 6) is 0.370. The Morgan fingerprint density at radius 2 is 2.24 bits per heavy atom. The minimum absolute atomic E-state index is 0.152. The van der Waals surface area contributed by atoms with Gasteiger partial charge in [-0.3, -0.25) is 9.48 Å². The molecule has 2 rings (SSSR count). The third-order valence-electron chi connectivity index (χ3n) is 3.20. The fourth-order valence-corrected chi connectivity index (χ4v) is 2.50. The van der Waals surface area contributed by atoms with Gasteiger partial charge in [0.1, 0.15) is 11.4 Å². The van der Waals surface area contributed by atoms with Crippen molar-refractivity contribution in [1.82, 2.24) is 9.78 Å². The van der Waals surface area contributed by atoms with E-state index in [2.05, 4.69) is 10.00 Å². The standard InChI is InChI=1S/C11H19N5O/c1-7-9(10(13)17)11(15(2)14-7)16-5-3-4-8(12)6-16/h8H,3-6,12H2,1-2H3,(H2,13,17). The Hall–Kier alpha value is -1.56. The first-order valence-electron chi connectivity index (χ1n) is 5.84. The monoisotopic (exact) mass is 237 g/mol. The number of carbonyl (C=O) groups is 1. The Kier molecular flexibility index (Phi) is 3.06. The summed E-state index contributed by atoms with van der Waals surface area (Å²) >= 11 is 0. The third kappa shape index (κ3) is 2.12. The highest BCUT2D eigenvalue weighted by molar-refractivity contribution is 5.99. The number of carbonyl (C=O) groups excluding carboxylic acids is 1. The maximum absolute atomic E-state index is 11.5. The summed E-state index contributed by atoms with van der Waals surface area (Å²) in [7, 11) is 1.83. The molecule has 0 aliphatic carbocycles. The molecule has 0 radical (unpaired) electrons. The van der Waals surface area contributed by atoms with Gasteiger partial charge in [-0.05, 0) is 19.8 Å². The first kappa shape index (κ1) is 11.9. The topological polar surface area (TPSA) is 90.2 Å². The minimum atomic E-state index is -0.426. The molecule has 1 unspecified atom stereocenters. The van der Waals surface area contributed by atoms with Crippen molar-refractivity contribution in [2.75, 3.05) is 18.0 Å². The van der Waals surface area contributed by atoms with Gasteiger partial charge in [-0.15, -0.1) is 0 Å². The number of anilines is 1. The average molecular weight is 237 g/mol. The molecular formula is C11H19N5O. The summed E-state index contributed by atoms with van der Waals surface area (Å²) in [6.45, 7) is 3.44. The van der Waals surface area contributed by atoms with E-state index in [4.69, 9.17) is 11.5 Å².